The van der Waals surface area contributed by atoms with E-state index in [-0.39, 0.29) is 11.9 Å². The van der Waals surface area contributed by atoms with Crippen molar-refractivity contribution in [2.75, 3.05) is 44.0 Å². The van der Waals surface area contributed by atoms with Crippen LogP contribution < -0.4 is 4.90 Å². The van der Waals surface area contributed by atoms with Crippen LogP contribution in [0.1, 0.15) is 35.6 Å². The molecule has 2 aromatic carbocycles. The monoisotopic (exact) mass is 477 g/mol. The predicted octanol–water partition coefficient (Wildman–Crippen LogP) is 4.04. The van der Waals surface area contributed by atoms with Gasteiger partial charge in [0.2, 0.25) is 11.9 Å². The summed E-state index contributed by atoms with van der Waals surface area (Å²) in [6.07, 6.45) is 3.20. The van der Waals surface area contributed by atoms with Crippen molar-refractivity contribution in [3.05, 3.63) is 65.2 Å². The van der Waals surface area contributed by atoms with Crippen LogP contribution >= 0.6 is 11.8 Å². The van der Waals surface area contributed by atoms with E-state index in [4.69, 9.17) is 4.74 Å². The predicted molar refractivity (Wildman–Crippen MR) is 135 cm³/mol. The summed E-state index contributed by atoms with van der Waals surface area (Å²) >= 11 is 1.46. The second kappa shape index (κ2) is 10.2. The van der Waals surface area contributed by atoms with Gasteiger partial charge in [0.05, 0.1) is 30.7 Å². The van der Waals surface area contributed by atoms with Crippen LogP contribution in [0.25, 0.3) is 5.69 Å². The van der Waals surface area contributed by atoms with E-state index in [1.54, 1.807) is 0 Å². The number of anilines is 1. The Kier molecular flexibility index (Phi) is 6.87. The lowest BCUT2D eigenvalue weighted by molar-refractivity contribution is -0.129. The van der Waals surface area contributed by atoms with Gasteiger partial charge in [-0.05, 0) is 48.9 Å². The molecule has 7 nitrogen and oxygen atoms in total. The average molecular weight is 478 g/mol. The molecule has 0 radical (unpaired) electrons. The third-order valence-electron chi connectivity index (χ3n) is 6.79. The number of aromatic nitrogens is 3. The number of carbonyl (C=O) groups excluding carboxylic acids is 1. The number of hydrogen-bond acceptors (Lipinski definition) is 6. The van der Waals surface area contributed by atoms with Gasteiger partial charge in [-0.1, -0.05) is 54.2 Å². The zero-order chi connectivity index (χ0) is 23.5. The van der Waals surface area contributed by atoms with Gasteiger partial charge in [-0.2, -0.15) is 0 Å². The van der Waals surface area contributed by atoms with Crippen molar-refractivity contribution in [3.63, 3.8) is 0 Å². The Morgan fingerprint density at radius 2 is 1.88 bits per heavy atom. The van der Waals surface area contributed by atoms with Crippen LogP contribution in [0.5, 0.6) is 0 Å². The molecule has 3 aromatic rings. The van der Waals surface area contributed by atoms with Gasteiger partial charge < -0.3 is 14.5 Å². The molecular formula is C26H31N5O2S. The topological polar surface area (TPSA) is 63.5 Å². The number of nitrogens with zero attached hydrogens (tertiary/aromatic N) is 5. The number of ether oxygens (including phenoxy) is 1. The molecule has 1 amide bonds. The van der Waals surface area contributed by atoms with Gasteiger partial charge in [-0.25, -0.2) is 0 Å². The molecule has 1 fully saturated rings. The molecule has 0 N–H and O–H groups in total. The zero-order valence-electron chi connectivity index (χ0n) is 19.8. The Hall–Kier alpha value is -2.84. The molecule has 1 aliphatic heterocycles. The number of aryl methyl sites for hydroxylation is 2. The molecule has 0 unspecified atom stereocenters. The van der Waals surface area contributed by atoms with Crippen molar-refractivity contribution in [1.82, 2.24) is 19.7 Å². The minimum absolute atomic E-state index is 0.110. The second-order valence-corrected chi connectivity index (χ2v) is 9.85. The molecule has 1 saturated heterocycles. The highest BCUT2D eigenvalue weighted by atomic mass is 32.2. The third-order valence-corrected chi connectivity index (χ3v) is 7.70. The van der Waals surface area contributed by atoms with Crippen molar-refractivity contribution in [1.29, 1.82) is 0 Å². The van der Waals surface area contributed by atoms with E-state index < -0.39 is 0 Å². The molecule has 0 saturated carbocycles. The molecule has 2 aliphatic rings. The van der Waals surface area contributed by atoms with E-state index in [2.05, 4.69) is 63.0 Å². The van der Waals surface area contributed by atoms with Crippen molar-refractivity contribution in [3.8, 4) is 5.69 Å². The van der Waals surface area contributed by atoms with Gasteiger partial charge in [0.15, 0.2) is 5.16 Å². The van der Waals surface area contributed by atoms with Crippen LogP contribution in [0.3, 0.4) is 0 Å². The molecule has 0 bridgehead atoms. The lowest BCUT2D eigenvalue weighted by Crippen LogP contribution is -2.38. The summed E-state index contributed by atoms with van der Waals surface area (Å²) in [5, 5.41) is 9.79. The molecule has 1 aliphatic carbocycles. The maximum Gasteiger partial charge on any atom is 0.233 e. The van der Waals surface area contributed by atoms with Gasteiger partial charge in [0.25, 0.3) is 0 Å². The first kappa shape index (κ1) is 22.9. The minimum Gasteiger partial charge on any atom is -0.378 e. The number of fused-ring (bicyclic) bond motifs is 1. The third kappa shape index (κ3) is 4.57. The smallest absolute Gasteiger partial charge is 0.233 e. The maximum atomic E-state index is 13.3. The van der Waals surface area contributed by atoms with Crippen molar-refractivity contribution < 1.29 is 9.53 Å². The highest BCUT2D eigenvalue weighted by Gasteiger charge is 2.28. The van der Waals surface area contributed by atoms with Gasteiger partial charge in [0, 0.05) is 20.1 Å². The molecule has 2 heterocycles. The van der Waals surface area contributed by atoms with Crippen LogP contribution in [0.4, 0.5) is 5.95 Å². The quantitative estimate of drug-likeness (QED) is 0.500. The number of hydrogen-bond donors (Lipinski definition) is 0. The SMILES string of the molecule is Cc1ccccc1-n1c(SCC(=O)N(C)[C@@H]2CCCc3ccccc32)nnc1N1CCOCC1. The summed E-state index contributed by atoms with van der Waals surface area (Å²) in [6.45, 7) is 4.99. The van der Waals surface area contributed by atoms with Crippen molar-refractivity contribution in [2.45, 2.75) is 37.4 Å². The first-order valence-corrected chi connectivity index (χ1v) is 12.9. The molecule has 34 heavy (non-hydrogen) atoms. The van der Waals surface area contributed by atoms with Crippen LogP contribution in [-0.2, 0) is 16.0 Å². The standard InChI is InChI=1S/C26H31N5O2S/c1-19-8-3-6-12-22(19)31-25(30-14-16-33-17-15-30)27-28-26(31)34-18-24(32)29(2)23-13-7-10-20-9-4-5-11-21(20)23/h3-6,8-9,11-12,23H,7,10,13-18H2,1-2H3/t23-/m1/s1. The fourth-order valence-corrected chi connectivity index (χ4v) is 5.75. The first-order chi connectivity index (χ1) is 16.6. The lowest BCUT2D eigenvalue weighted by atomic mass is 9.87. The van der Waals surface area contributed by atoms with E-state index >= 15 is 0 Å². The Morgan fingerprint density at radius 3 is 2.71 bits per heavy atom. The van der Waals surface area contributed by atoms with Crippen molar-refractivity contribution in [2.24, 2.45) is 0 Å². The molecule has 0 spiro atoms. The largest absolute Gasteiger partial charge is 0.378 e. The number of thioether (sulfide) groups is 1. The van der Waals surface area contributed by atoms with Crippen LogP contribution in [0.15, 0.2) is 53.7 Å². The van der Waals surface area contributed by atoms with E-state index in [1.165, 1.54) is 22.9 Å². The Labute approximate surface area is 205 Å². The number of amides is 1. The highest BCUT2D eigenvalue weighted by molar-refractivity contribution is 7.99. The number of benzene rings is 2. The van der Waals surface area contributed by atoms with Crippen LogP contribution in [0.2, 0.25) is 0 Å². The Morgan fingerprint density at radius 1 is 1.12 bits per heavy atom. The highest BCUT2D eigenvalue weighted by Crippen LogP contribution is 2.34. The number of morpholine rings is 1. The summed E-state index contributed by atoms with van der Waals surface area (Å²) in [6, 6.07) is 16.9. The normalized spacial score (nSPS) is 17.9. The number of rotatable bonds is 6. The average Bonchev–Trinajstić information content (AvgIpc) is 3.31. The molecule has 8 heteroatoms. The summed E-state index contributed by atoms with van der Waals surface area (Å²) in [7, 11) is 1.93. The van der Waals surface area contributed by atoms with E-state index in [0.717, 1.165) is 54.7 Å². The van der Waals surface area contributed by atoms with Gasteiger partial charge >= 0.3 is 0 Å². The summed E-state index contributed by atoms with van der Waals surface area (Å²) < 4.78 is 7.62. The lowest BCUT2D eigenvalue weighted by Gasteiger charge is -2.33. The summed E-state index contributed by atoms with van der Waals surface area (Å²) in [5.41, 5.74) is 4.83. The van der Waals surface area contributed by atoms with Crippen LogP contribution in [0, 0.1) is 6.92 Å². The molecule has 1 aromatic heterocycles. The number of para-hydroxylation sites is 1. The second-order valence-electron chi connectivity index (χ2n) is 8.90. The summed E-state index contributed by atoms with van der Waals surface area (Å²) in [5.74, 6) is 1.24. The number of carbonyl (C=O) groups is 1. The van der Waals surface area contributed by atoms with Gasteiger partial charge in [0.1, 0.15) is 0 Å². The Bertz CT molecular complexity index is 1160. The maximum absolute atomic E-state index is 13.3. The molecule has 5 rings (SSSR count). The summed E-state index contributed by atoms with van der Waals surface area (Å²) in [4.78, 5) is 17.4. The fraction of sp³-hybridized carbons (Fsp3) is 0.423. The van der Waals surface area contributed by atoms with E-state index in [1.807, 2.05) is 24.1 Å². The molecule has 178 valence electrons. The molecular weight excluding hydrogens is 446 g/mol. The fourth-order valence-electron chi connectivity index (χ4n) is 4.88. The molecule has 1 atom stereocenters. The van der Waals surface area contributed by atoms with E-state index in [9.17, 15) is 4.79 Å². The first-order valence-electron chi connectivity index (χ1n) is 11.9. The zero-order valence-corrected chi connectivity index (χ0v) is 20.6. The van der Waals surface area contributed by atoms with Gasteiger partial charge in [-0.15, -0.1) is 10.2 Å². The minimum atomic E-state index is 0.110. The Balaban J connectivity index is 1.37. The van der Waals surface area contributed by atoms with E-state index in [0.29, 0.717) is 19.0 Å². The van der Waals surface area contributed by atoms with Crippen molar-refractivity contribution >= 4 is 23.6 Å². The van der Waals surface area contributed by atoms with Crippen LogP contribution in [-0.4, -0.2) is 64.7 Å². The van der Waals surface area contributed by atoms with Gasteiger partial charge in [-0.3, -0.25) is 9.36 Å².